The second-order valence-electron chi connectivity index (χ2n) is 6.13. The fourth-order valence-corrected chi connectivity index (χ4v) is 3.28. The second kappa shape index (κ2) is 5.76. The maximum Gasteiger partial charge on any atom is 0.252 e. The Morgan fingerprint density at radius 3 is 2.77 bits per heavy atom. The van der Waals surface area contributed by atoms with E-state index < -0.39 is 0 Å². The zero-order valence-corrected chi connectivity index (χ0v) is 13.3. The smallest absolute Gasteiger partial charge is 0.252 e. The third-order valence-corrected chi connectivity index (χ3v) is 5.07. The van der Waals surface area contributed by atoms with Gasteiger partial charge in [-0.25, -0.2) is 0 Å². The quantitative estimate of drug-likeness (QED) is 0.906. The molecule has 1 fully saturated rings. The molecule has 0 spiro atoms. The topological polar surface area (TPSA) is 62.0 Å². The number of nitrogens with one attached hydrogen (secondary N) is 2. The van der Waals surface area contributed by atoms with E-state index in [1.54, 1.807) is 18.2 Å². The second-order valence-corrected chi connectivity index (χ2v) is 6.56. The number of hydrogen-bond acceptors (Lipinski definition) is 2. The molecular formula is C17H19ClN2O2. The summed E-state index contributed by atoms with van der Waals surface area (Å²) in [6.07, 6.45) is 4.61. The van der Waals surface area contributed by atoms with Crippen molar-refractivity contribution in [2.24, 2.45) is 5.41 Å². The average molecular weight is 319 g/mol. The summed E-state index contributed by atoms with van der Waals surface area (Å²) >= 11 is 6.02. The van der Waals surface area contributed by atoms with E-state index in [2.05, 4.69) is 17.2 Å². The zero-order valence-electron chi connectivity index (χ0n) is 12.5. The van der Waals surface area contributed by atoms with Crippen LogP contribution >= 0.6 is 11.6 Å². The van der Waals surface area contributed by atoms with Gasteiger partial charge in [0.25, 0.3) is 5.91 Å². The first-order valence-corrected chi connectivity index (χ1v) is 8.02. The highest BCUT2D eigenvalue weighted by Gasteiger charge is 2.35. The van der Waals surface area contributed by atoms with Gasteiger partial charge in [0.1, 0.15) is 0 Å². The Balaban J connectivity index is 1.90. The summed E-state index contributed by atoms with van der Waals surface area (Å²) in [6.45, 7) is 2.82. The first kappa shape index (κ1) is 15.1. The standard InChI is InChI=1S/C17H19ClN2O2/c1-2-17(6-3-7-17)10-19-16(22)13-9-15(21)20-14-5-4-11(18)8-12(13)14/h4-5,8-9H,2-3,6-7,10H2,1H3,(H,19,22)(H,20,21). The van der Waals surface area contributed by atoms with Crippen molar-refractivity contribution >= 4 is 28.4 Å². The van der Waals surface area contributed by atoms with Crippen molar-refractivity contribution in [1.29, 1.82) is 0 Å². The Morgan fingerprint density at radius 1 is 1.36 bits per heavy atom. The van der Waals surface area contributed by atoms with Crippen LogP contribution in [0, 0.1) is 5.41 Å². The molecule has 1 aromatic carbocycles. The van der Waals surface area contributed by atoms with Crippen molar-refractivity contribution in [3.8, 4) is 0 Å². The molecule has 0 unspecified atom stereocenters. The van der Waals surface area contributed by atoms with E-state index in [9.17, 15) is 9.59 Å². The molecule has 1 aliphatic rings. The predicted octanol–water partition coefficient (Wildman–Crippen LogP) is 3.49. The number of fused-ring (bicyclic) bond motifs is 1. The monoisotopic (exact) mass is 318 g/mol. The summed E-state index contributed by atoms with van der Waals surface area (Å²) in [7, 11) is 0. The van der Waals surface area contributed by atoms with Crippen LogP contribution in [0.2, 0.25) is 5.02 Å². The van der Waals surface area contributed by atoms with E-state index in [1.165, 1.54) is 12.5 Å². The number of benzene rings is 1. The van der Waals surface area contributed by atoms with Gasteiger partial charge in [0.05, 0.1) is 5.56 Å². The molecule has 1 saturated carbocycles. The van der Waals surface area contributed by atoms with Crippen molar-refractivity contribution in [1.82, 2.24) is 10.3 Å². The van der Waals surface area contributed by atoms with Crippen LogP contribution in [0.3, 0.4) is 0 Å². The molecule has 1 aliphatic carbocycles. The fraction of sp³-hybridized carbons (Fsp3) is 0.412. The molecule has 0 bridgehead atoms. The number of aromatic amines is 1. The number of hydrogen-bond donors (Lipinski definition) is 2. The van der Waals surface area contributed by atoms with Crippen molar-refractivity contribution in [2.75, 3.05) is 6.54 Å². The number of carbonyl (C=O) groups is 1. The van der Waals surface area contributed by atoms with E-state index >= 15 is 0 Å². The van der Waals surface area contributed by atoms with Gasteiger partial charge < -0.3 is 10.3 Å². The van der Waals surface area contributed by atoms with E-state index in [1.807, 2.05) is 0 Å². The number of pyridine rings is 1. The summed E-state index contributed by atoms with van der Waals surface area (Å²) in [5.74, 6) is -0.210. The van der Waals surface area contributed by atoms with Gasteiger partial charge in [0.15, 0.2) is 0 Å². The van der Waals surface area contributed by atoms with Crippen molar-refractivity contribution in [3.63, 3.8) is 0 Å². The van der Waals surface area contributed by atoms with Crippen molar-refractivity contribution < 1.29 is 4.79 Å². The van der Waals surface area contributed by atoms with Gasteiger partial charge in [-0.2, -0.15) is 0 Å². The maximum absolute atomic E-state index is 12.5. The Kier molecular flexibility index (Phi) is 3.96. The molecule has 0 atom stereocenters. The molecule has 3 rings (SSSR count). The van der Waals surface area contributed by atoms with Crippen LogP contribution in [-0.4, -0.2) is 17.4 Å². The summed E-state index contributed by atoms with van der Waals surface area (Å²) in [6, 6.07) is 6.46. The van der Waals surface area contributed by atoms with E-state index in [-0.39, 0.29) is 16.9 Å². The first-order chi connectivity index (χ1) is 10.5. The van der Waals surface area contributed by atoms with Crippen molar-refractivity contribution in [3.05, 3.63) is 45.2 Å². The van der Waals surface area contributed by atoms with E-state index in [0.29, 0.717) is 28.0 Å². The van der Waals surface area contributed by atoms with Gasteiger partial charge in [-0.05, 0) is 42.9 Å². The number of amides is 1. The molecule has 5 heteroatoms. The highest BCUT2D eigenvalue weighted by atomic mass is 35.5. The lowest BCUT2D eigenvalue weighted by atomic mass is 9.67. The Labute approximate surface area is 133 Å². The number of rotatable bonds is 4. The highest BCUT2D eigenvalue weighted by Crippen LogP contribution is 2.43. The van der Waals surface area contributed by atoms with Gasteiger partial charge in [-0.1, -0.05) is 24.9 Å². The van der Waals surface area contributed by atoms with E-state index in [4.69, 9.17) is 11.6 Å². The van der Waals surface area contributed by atoms with Crippen LogP contribution in [0.25, 0.3) is 10.9 Å². The average Bonchev–Trinajstić information content (AvgIpc) is 2.46. The van der Waals surface area contributed by atoms with Crippen LogP contribution < -0.4 is 10.9 Å². The summed E-state index contributed by atoms with van der Waals surface area (Å²) in [5, 5.41) is 4.21. The van der Waals surface area contributed by atoms with E-state index in [0.717, 1.165) is 19.3 Å². The highest BCUT2D eigenvalue weighted by molar-refractivity contribution is 6.31. The molecule has 1 aromatic heterocycles. The molecule has 116 valence electrons. The lowest BCUT2D eigenvalue weighted by Gasteiger charge is -2.41. The van der Waals surface area contributed by atoms with Gasteiger partial charge in [-0.15, -0.1) is 0 Å². The molecule has 2 N–H and O–H groups in total. The van der Waals surface area contributed by atoms with Crippen LogP contribution in [-0.2, 0) is 0 Å². The minimum Gasteiger partial charge on any atom is -0.351 e. The number of aromatic nitrogens is 1. The van der Waals surface area contributed by atoms with Gasteiger partial charge in [0.2, 0.25) is 5.56 Å². The largest absolute Gasteiger partial charge is 0.351 e. The van der Waals surface area contributed by atoms with Gasteiger partial charge in [0, 0.05) is 28.5 Å². The molecule has 1 heterocycles. The zero-order chi connectivity index (χ0) is 15.7. The predicted molar refractivity (Wildman–Crippen MR) is 88.5 cm³/mol. The summed E-state index contributed by atoms with van der Waals surface area (Å²) in [4.78, 5) is 27.0. The normalized spacial score (nSPS) is 16.3. The van der Waals surface area contributed by atoms with Crippen LogP contribution in [0.5, 0.6) is 0 Å². The van der Waals surface area contributed by atoms with Crippen LogP contribution in [0.1, 0.15) is 43.0 Å². The molecule has 0 saturated heterocycles. The maximum atomic E-state index is 12.5. The SMILES string of the molecule is CCC1(CNC(=O)c2cc(=O)[nH]c3ccc(Cl)cc23)CCC1. The molecule has 22 heavy (non-hydrogen) atoms. The number of H-pyrrole nitrogens is 1. The minimum absolute atomic E-state index is 0.210. The number of halogens is 1. The molecule has 2 aromatic rings. The molecular weight excluding hydrogens is 300 g/mol. The molecule has 1 amide bonds. The van der Waals surface area contributed by atoms with Gasteiger partial charge >= 0.3 is 0 Å². The summed E-state index contributed by atoms with van der Waals surface area (Å²) < 4.78 is 0. The van der Waals surface area contributed by atoms with Gasteiger partial charge in [-0.3, -0.25) is 9.59 Å². The molecule has 4 nitrogen and oxygen atoms in total. The van der Waals surface area contributed by atoms with Crippen molar-refractivity contribution in [2.45, 2.75) is 32.6 Å². The third kappa shape index (κ3) is 2.75. The van der Waals surface area contributed by atoms with Crippen LogP contribution in [0.15, 0.2) is 29.1 Å². The molecule has 0 aliphatic heterocycles. The van der Waals surface area contributed by atoms with Crippen LogP contribution in [0.4, 0.5) is 0 Å². The minimum atomic E-state index is -0.283. The Hall–Kier alpha value is -1.81. The lowest BCUT2D eigenvalue weighted by molar-refractivity contribution is 0.0851. The number of carbonyl (C=O) groups excluding carboxylic acids is 1. The Bertz CT molecular complexity index is 772. The fourth-order valence-electron chi connectivity index (χ4n) is 3.11. The summed E-state index contributed by atoms with van der Waals surface area (Å²) in [5.41, 5.74) is 0.959. The third-order valence-electron chi connectivity index (χ3n) is 4.84. The lowest BCUT2D eigenvalue weighted by Crippen LogP contribution is -2.41. The first-order valence-electron chi connectivity index (χ1n) is 7.64. The molecule has 0 radical (unpaired) electrons. The Morgan fingerprint density at radius 2 is 2.14 bits per heavy atom.